The van der Waals surface area contributed by atoms with Gasteiger partial charge in [-0.15, -0.1) is 11.3 Å². The third kappa shape index (κ3) is 4.77. The zero-order chi connectivity index (χ0) is 18.6. The average molecular weight is 383 g/mol. The number of aromatic nitrogens is 1. The van der Waals surface area contributed by atoms with Crippen molar-refractivity contribution < 1.29 is 23.9 Å². The van der Waals surface area contributed by atoms with Gasteiger partial charge >= 0.3 is 12.1 Å². The van der Waals surface area contributed by atoms with E-state index in [2.05, 4.69) is 9.72 Å². The van der Waals surface area contributed by atoms with Crippen LogP contribution in [0, 0.1) is 6.92 Å². The van der Waals surface area contributed by atoms with Gasteiger partial charge in [0, 0.05) is 10.6 Å². The summed E-state index contributed by atoms with van der Waals surface area (Å²) in [6, 6.07) is 7.08. The maximum absolute atomic E-state index is 12.3. The number of nitrogens with zero attached hydrogens (tertiary/aromatic N) is 1. The van der Waals surface area contributed by atoms with Gasteiger partial charge in [-0.25, -0.2) is 14.6 Å². The zero-order valence-electron chi connectivity index (χ0n) is 13.7. The molecule has 1 heterocycles. The molecule has 0 aliphatic rings. The molecule has 2 rings (SSSR count). The second-order valence-corrected chi connectivity index (χ2v) is 6.41. The summed E-state index contributed by atoms with van der Waals surface area (Å²) in [6.45, 7) is 3.02. The summed E-state index contributed by atoms with van der Waals surface area (Å²) in [5.74, 6) is -1.48. The first-order valence-corrected chi connectivity index (χ1v) is 8.34. The second-order valence-electron chi connectivity index (χ2n) is 4.97. The van der Waals surface area contributed by atoms with E-state index in [0.717, 1.165) is 24.0 Å². The van der Waals surface area contributed by atoms with Crippen LogP contribution in [0.5, 0.6) is 0 Å². The number of methoxy groups -OCH3 is 1. The Morgan fingerprint density at radius 2 is 2.04 bits per heavy atom. The normalized spacial score (nSPS) is 11.5. The molecular weight excluding hydrogens is 368 g/mol. The number of thiazole rings is 1. The molecule has 0 aliphatic carbocycles. The summed E-state index contributed by atoms with van der Waals surface area (Å²) in [4.78, 5) is 39.6. The molecule has 0 spiro atoms. The Morgan fingerprint density at radius 1 is 1.32 bits per heavy atom. The number of imide groups is 1. The average Bonchev–Trinajstić information content (AvgIpc) is 2.96. The first-order chi connectivity index (χ1) is 11.8. The van der Waals surface area contributed by atoms with Crippen molar-refractivity contribution in [3.63, 3.8) is 0 Å². The van der Waals surface area contributed by atoms with E-state index >= 15 is 0 Å². The van der Waals surface area contributed by atoms with E-state index in [0.29, 0.717) is 15.7 Å². The van der Waals surface area contributed by atoms with Gasteiger partial charge in [0.2, 0.25) is 0 Å². The van der Waals surface area contributed by atoms with E-state index in [4.69, 9.17) is 16.3 Å². The largest absolute Gasteiger partial charge is 0.453 e. The van der Waals surface area contributed by atoms with Crippen LogP contribution >= 0.6 is 22.9 Å². The highest BCUT2D eigenvalue weighted by molar-refractivity contribution is 7.17. The Kier molecular flexibility index (Phi) is 6.11. The van der Waals surface area contributed by atoms with Crippen molar-refractivity contribution in [1.82, 2.24) is 10.3 Å². The molecule has 1 aromatic carbocycles. The van der Waals surface area contributed by atoms with Crippen LogP contribution in [-0.2, 0) is 14.3 Å². The Bertz CT molecular complexity index is 821. The molecule has 0 fully saturated rings. The number of carbonyl (C=O) groups is 3. The van der Waals surface area contributed by atoms with E-state index < -0.39 is 24.1 Å². The van der Waals surface area contributed by atoms with Gasteiger partial charge in [0.25, 0.3) is 5.91 Å². The lowest BCUT2D eigenvalue weighted by atomic mass is 10.2. The maximum Gasteiger partial charge on any atom is 0.413 e. The van der Waals surface area contributed by atoms with Crippen molar-refractivity contribution in [2.45, 2.75) is 20.0 Å². The van der Waals surface area contributed by atoms with Crippen LogP contribution in [0.1, 0.15) is 22.3 Å². The molecule has 1 aromatic heterocycles. The molecule has 0 saturated carbocycles. The number of esters is 1. The van der Waals surface area contributed by atoms with Crippen LogP contribution in [-0.4, -0.2) is 36.2 Å². The summed E-state index contributed by atoms with van der Waals surface area (Å²) in [7, 11) is 1.12. The minimum absolute atomic E-state index is 0.271. The summed E-state index contributed by atoms with van der Waals surface area (Å²) < 4.78 is 9.39. The Morgan fingerprint density at radius 3 is 2.68 bits per heavy atom. The number of carbonyl (C=O) groups excluding carboxylic acids is 3. The standard InChI is InChI=1S/C16H15ClN2O5S/c1-8-12(15(21)24-9(2)13(20)19-16(22)23-3)25-14(18-8)10-5-4-6-11(17)7-10/h4-7,9H,1-3H3,(H,19,20,22)/t9-/m1/s1. The molecule has 0 radical (unpaired) electrons. The van der Waals surface area contributed by atoms with Crippen molar-refractivity contribution in [2.75, 3.05) is 7.11 Å². The van der Waals surface area contributed by atoms with Gasteiger partial charge in [0.05, 0.1) is 12.8 Å². The zero-order valence-corrected chi connectivity index (χ0v) is 15.2. The minimum atomic E-state index is -1.16. The van der Waals surface area contributed by atoms with Crippen LogP contribution in [0.3, 0.4) is 0 Å². The topological polar surface area (TPSA) is 94.6 Å². The van der Waals surface area contributed by atoms with Crippen LogP contribution in [0.2, 0.25) is 5.02 Å². The second kappa shape index (κ2) is 8.09. The van der Waals surface area contributed by atoms with Gasteiger partial charge in [-0.2, -0.15) is 0 Å². The van der Waals surface area contributed by atoms with Gasteiger partial charge in [-0.3, -0.25) is 10.1 Å². The van der Waals surface area contributed by atoms with Crippen molar-refractivity contribution in [3.8, 4) is 10.6 Å². The number of hydrogen-bond donors (Lipinski definition) is 1. The van der Waals surface area contributed by atoms with E-state index in [1.807, 2.05) is 11.4 Å². The van der Waals surface area contributed by atoms with Crippen LogP contribution in [0.4, 0.5) is 4.79 Å². The molecule has 2 aromatic rings. The lowest BCUT2D eigenvalue weighted by Gasteiger charge is -2.11. The molecule has 2 amide bonds. The van der Waals surface area contributed by atoms with Gasteiger partial charge in [0.1, 0.15) is 9.88 Å². The quantitative estimate of drug-likeness (QED) is 0.816. The van der Waals surface area contributed by atoms with Crippen LogP contribution < -0.4 is 5.32 Å². The Labute approximate surface area is 152 Å². The van der Waals surface area contributed by atoms with Crippen molar-refractivity contribution in [3.05, 3.63) is 39.9 Å². The molecule has 0 bridgehead atoms. The van der Waals surface area contributed by atoms with Crippen LogP contribution in [0.15, 0.2) is 24.3 Å². The number of alkyl carbamates (subject to hydrolysis) is 1. The Hall–Kier alpha value is -2.45. The maximum atomic E-state index is 12.3. The Balaban J connectivity index is 2.12. The molecule has 1 atom stereocenters. The number of amides is 2. The fourth-order valence-corrected chi connectivity index (χ4v) is 2.99. The lowest BCUT2D eigenvalue weighted by molar-refractivity contribution is -0.128. The van der Waals surface area contributed by atoms with Gasteiger partial charge < -0.3 is 9.47 Å². The van der Waals surface area contributed by atoms with Gasteiger partial charge in [0.15, 0.2) is 6.10 Å². The molecule has 0 unspecified atom stereocenters. The molecule has 1 N–H and O–H groups in total. The fraction of sp³-hybridized carbons (Fsp3) is 0.250. The van der Waals surface area contributed by atoms with Crippen molar-refractivity contribution in [1.29, 1.82) is 0 Å². The van der Waals surface area contributed by atoms with E-state index in [1.54, 1.807) is 25.1 Å². The first-order valence-electron chi connectivity index (χ1n) is 7.15. The lowest BCUT2D eigenvalue weighted by Crippen LogP contribution is -2.39. The predicted octanol–water partition coefficient (Wildman–Crippen LogP) is 3.20. The van der Waals surface area contributed by atoms with Gasteiger partial charge in [-0.05, 0) is 26.0 Å². The third-order valence-corrected chi connectivity index (χ3v) is 4.54. The molecule has 0 saturated heterocycles. The first kappa shape index (κ1) is 18.9. The highest BCUT2D eigenvalue weighted by atomic mass is 35.5. The number of halogens is 1. The number of ether oxygens (including phenoxy) is 2. The summed E-state index contributed by atoms with van der Waals surface area (Å²) in [5.41, 5.74) is 1.25. The van der Waals surface area contributed by atoms with E-state index in [-0.39, 0.29) is 4.88 Å². The third-order valence-electron chi connectivity index (χ3n) is 3.12. The van der Waals surface area contributed by atoms with Crippen molar-refractivity contribution in [2.24, 2.45) is 0 Å². The number of benzene rings is 1. The molecule has 9 heteroatoms. The smallest absolute Gasteiger partial charge is 0.413 e. The number of rotatable bonds is 4. The summed E-state index contributed by atoms with van der Waals surface area (Å²) >= 11 is 7.10. The number of aryl methyl sites for hydroxylation is 1. The molecular formula is C16H15ClN2O5S. The van der Waals surface area contributed by atoms with Crippen molar-refractivity contribution >= 4 is 40.9 Å². The predicted molar refractivity (Wildman–Crippen MR) is 92.7 cm³/mol. The molecule has 132 valence electrons. The molecule has 0 aliphatic heterocycles. The number of nitrogens with one attached hydrogen (secondary N) is 1. The number of hydrogen-bond acceptors (Lipinski definition) is 7. The van der Waals surface area contributed by atoms with Crippen LogP contribution in [0.25, 0.3) is 10.6 Å². The van der Waals surface area contributed by atoms with E-state index in [9.17, 15) is 14.4 Å². The monoisotopic (exact) mass is 382 g/mol. The summed E-state index contributed by atoms with van der Waals surface area (Å²) in [6.07, 6.45) is -2.09. The molecule has 25 heavy (non-hydrogen) atoms. The SMILES string of the molecule is COC(=O)NC(=O)[C@@H](C)OC(=O)c1sc(-c2cccc(Cl)c2)nc1C. The van der Waals surface area contributed by atoms with Gasteiger partial charge in [-0.1, -0.05) is 23.7 Å². The van der Waals surface area contributed by atoms with E-state index in [1.165, 1.54) is 6.92 Å². The highest BCUT2D eigenvalue weighted by Crippen LogP contribution is 2.30. The summed E-state index contributed by atoms with van der Waals surface area (Å²) in [5, 5.41) is 3.10. The molecule has 7 nitrogen and oxygen atoms in total. The fourth-order valence-electron chi connectivity index (χ4n) is 1.85. The highest BCUT2D eigenvalue weighted by Gasteiger charge is 2.24. The minimum Gasteiger partial charge on any atom is -0.453 e.